The van der Waals surface area contributed by atoms with Crippen LogP contribution in [0.25, 0.3) is 5.57 Å². The Bertz CT molecular complexity index is 1880. The SMILES string of the molecule is C/C(=C\C(C(=O)NCC[C@@H]1C[C@H](CC(=O)OC(C)(C)C)OC(C)(C)O1)C(=O)Oc1c(C)c(C)c2c(c1C)CC[C@@](C)(CCC[C@H](C)CCC[C@H](C)CCCC(C)C)O2)c1ccccc1. The zero-order chi connectivity index (χ0) is 47.4. The van der Waals surface area contributed by atoms with E-state index in [0.717, 1.165) is 76.7 Å². The summed E-state index contributed by atoms with van der Waals surface area (Å²) in [4.78, 5) is 41.0. The first kappa shape index (κ1) is 52.9. The molecule has 2 aromatic carbocycles. The largest absolute Gasteiger partial charge is 0.487 e. The van der Waals surface area contributed by atoms with Crippen molar-refractivity contribution in [2.45, 2.75) is 216 Å². The Hall–Kier alpha value is -3.69. The number of carbonyl (C=O) groups excluding carboxylic acids is 3. The number of hydrogen-bond acceptors (Lipinski definition) is 8. The Labute approximate surface area is 387 Å². The van der Waals surface area contributed by atoms with Crippen molar-refractivity contribution in [1.82, 2.24) is 5.32 Å². The van der Waals surface area contributed by atoms with Crippen LogP contribution in [0, 0.1) is 44.4 Å². The summed E-state index contributed by atoms with van der Waals surface area (Å²) in [6.07, 6.45) is 15.1. The second kappa shape index (κ2) is 23.7. The molecule has 0 spiro atoms. The Balaban J connectivity index is 1.41. The number of rotatable bonds is 22. The van der Waals surface area contributed by atoms with Crippen molar-refractivity contribution in [2.24, 2.45) is 23.7 Å². The van der Waals surface area contributed by atoms with Crippen molar-refractivity contribution < 1.29 is 38.1 Å². The van der Waals surface area contributed by atoms with Crippen molar-refractivity contribution in [1.29, 1.82) is 0 Å². The third-order valence-electron chi connectivity index (χ3n) is 13.2. The lowest BCUT2D eigenvalue weighted by molar-refractivity contribution is -0.300. The number of amides is 1. The average Bonchev–Trinajstić information content (AvgIpc) is 3.19. The minimum atomic E-state index is -1.21. The summed E-state index contributed by atoms with van der Waals surface area (Å²) in [5.41, 5.74) is 4.60. The Morgan fingerprint density at radius 2 is 1.45 bits per heavy atom. The number of fused-ring (bicyclic) bond motifs is 1. The van der Waals surface area contributed by atoms with E-state index in [1.807, 2.05) is 92.6 Å². The molecule has 1 saturated heterocycles. The van der Waals surface area contributed by atoms with E-state index in [9.17, 15) is 14.4 Å². The van der Waals surface area contributed by atoms with E-state index >= 15 is 0 Å². The van der Waals surface area contributed by atoms with Gasteiger partial charge >= 0.3 is 11.9 Å². The first-order chi connectivity index (χ1) is 30.0. The molecule has 358 valence electrons. The van der Waals surface area contributed by atoms with Gasteiger partial charge in [0.05, 0.1) is 18.6 Å². The van der Waals surface area contributed by atoms with Crippen LogP contribution in [0.15, 0.2) is 36.4 Å². The lowest BCUT2D eigenvalue weighted by Gasteiger charge is -2.40. The lowest BCUT2D eigenvalue weighted by Crippen LogP contribution is -2.47. The monoisotopic (exact) mass is 888 g/mol. The average molecular weight is 888 g/mol. The van der Waals surface area contributed by atoms with Gasteiger partial charge in [-0.25, -0.2) is 0 Å². The number of benzene rings is 2. The van der Waals surface area contributed by atoms with Gasteiger partial charge in [-0.15, -0.1) is 0 Å². The molecule has 64 heavy (non-hydrogen) atoms. The van der Waals surface area contributed by atoms with Crippen LogP contribution in [0.3, 0.4) is 0 Å². The molecule has 0 aliphatic carbocycles. The minimum absolute atomic E-state index is 0.106. The molecule has 0 saturated carbocycles. The molecule has 1 unspecified atom stereocenters. The van der Waals surface area contributed by atoms with Gasteiger partial charge in [-0.1, -0.05) is 109 Å². The van der Waals surface area contributed by atoms with E-state index in [1.54, 1.807) is 6.08 Å². The maximum atomic E-state index is 14.3. The fraction of sp³-hybridized carbons (Fsp3) is 0.691. The number of hydrogen-bond donors (Lipinski definition) is 1. The van der Waals surface area contributed by atoms with Crippen LogP contribution < -0.4 is 14.8 Å². The zero-order valence-electron chi connectivity index (χ0n) is 42.3. The molecule has 0 radical (unpaired) electrons. The van der Waals surface area contributed by atoms with Gasteiger partial charge < -0.3 is 29.0 Å². The van der Waals surface area contributed by atoms with Crippen molar-refractivity contribution >= 4 is 23.4 Å². The number of nitrogens with one attached hydrogen (secondary N) is 1. The summed E-state index contributed by atoms with van der Waals surface area (Å²) in [5, 5.41) is 3.00. The fourth-order valence-corrected chi connectivity index (χ4v) is 9.43. The molecule has 2 aliphatic rings. The molecule has 9 heteroatoms. The van der Waals surface area contributed by atoms with E-state index < -0.39 is 35.3 Å². The molecule has 1 amide bonds. The van der Waals surface area contributed by atoms with E-state index in [4.69, 9.17) is 23.7 Å². The fourth-order valence-electron chi connectivity index (χ4n) is 9.43. The highest BCUT2D eigenvalue weighted by molar-refractivity contribution is 6.02. The third-order valence-corrected chi connectivity index (χ3v) is 13.2. The molecule has 6 atom stereocenters. The van der Waals surface area contributed by atoms with Crippen LogP contribution in [0.5, 0.6) is 11.5 Å². The van der Waals surface area contributed by atoms with E-state index in [0.29, 0.717) is 24.5 Å². The highest BCUT2D eigenvalue weighted by Gasteiger charge is 2.38. The molecule has 2 aliphatic heterocycles. The second-order valence-corrected chi connectivity index (χ2v) is 21.5. The molecule has 2 aromatic rings. The topological polar surface area (TPSA) is 109 Å². The molecule has 1 N–H and O–H groups in total. The van der Waals surface area contributed by atoms with Gasteiger partial charge in [0.25, 0.3) is 0 Å². The summed E-state index contributed by atoms with van der Waals surface area (Å²) in [6.45, 7) is 29.0. The number of ether oxygens (including phenoxy) is 5. The molecule has 1 fully saturated rings. The smallest absolute Gasteiger partial charge is 0.327 e. The highest BCUT2D eigenvalue weighted by Crippen LogP contribution is 2.45. The summed E-state index contributed by atoms with van der Waals surface area (Å²) in [5.74, 6) is 0.173. The van der Waals surface area contributed by atoms with Gasteiger partial charge in [0.2, 0.25) is 5.91 Å². The molecule has 9 nitrogen and oxygen atoms in total. The van der Waals surface area contributed by atoms with Gasteiger partial charge in [0.15, 0.2) is 11.7 Å². The van der Waals surface area contributed by atoms with Crippen LogP contribution in [-0.4, -0.2) is 53.6 Å². The van der Waals surface area contributed by atoms with Crippen molar-refractivity contribution in [3.05, 3.63) is 64.2 Å². The Morgan fingerprint density at radius 1 is 0.844 bits per heavy atom. The van der Waals surface area contributed by atoms with Crippen LogP contribution in [0.4, 0.5) is 0 Å². The first-order valence-electron chi connectivity index (χ1n) is 24.6. The van der Waals surface area contributed by atoms with Gasteiger partial charge in [0, 0.05) is 18.5 Å². The van der Waals surface area contributed by atoms with Crippen molar-refractivity contribution in [2.75, 3.05) is 6.54 Å². The third kappa shape index (κ3) is 16.6. The van der Waals surface area contributed by atoms with Crippen LogP contribution in [0.2, 0.25) is 0 Å². The standard InChI is InChI=1S/C55H85NO8/c1-36(2)21-18-22-37(3)23-19-24-38(4)25-20-30-55(14)31-28-46-42(8)49(40(6)41(7)50(46)64-55)60-52(59)47(33-39(5)43-26-16-15-17-27-43)51(58)56-32-29-44-34-45(62-54(12,13)61-44)35-48(57)63-53(9,10)11/h15-17,26-27,33,36-38,44-45,47H,18-25,28-32,34-35H2,1-14H3,(H,56,58)/b39-33+/t37-,38-,44-,45-,47?,55-/m1/s1. The molecule has 4 rings (SSSR count). The van der Waals surface area contributed by atoms with Crippen LogP contribution >= 0.6 is 0 Å². The lowest BCUT2D eigenvalue weighted by atomic mass is 9.83. The summed E-state index contributed by atoms with van der Waals surface area (Å²) < 4.78 is 31.0. The maximum absolute atomic E-state index is 14.3. The summed E-state index contributed by atoms with van der Waals surface area (Å²) in [6, 6.07) is 9.71. The van der Waals surface area contributed by atoms with Gasteiger partial charge in [-0.2, -0.15) is 0 Å². The Kier molecular flexibility index (Phi) is 19.6. The molecule has 0 aromatic heterocycles. The highest BCUT2D eigenvalue weighted by atomic mass is 16.7. The zero-order valence-corrected chi connectivity index (χ0v) is 42.3. The molecule has 2 heterocycles. The van der Waals surface area contributed by atoms with Gasteiger partial charge in [0.1, 0.15) is 22.7 Å². The van der Waals surface area contributed by atoms with E-state index in [1.165, 1.54) is 44.9 Å². The van der Waals surface area contributed by atoms with Gasteiger partial charge in [-0.05, 0) is 147 Å². The Morgan fingerprint density at radius 3 is 2.08 bits per heavy atom. The molecular weight excluding hydrogens is 803 g/mol. The van der Waals surface area contributed by atoms with E-state index in [2.05, 4.69) is 39.9 Å². The van der Waals surface area contributed by atoms with E-state index in [-0.39, 0.29) is 30.6 Å². The minimum Gasteiger partial charge on any atom is -0.487 e. The van der Waals surface area contributed by atoms with Crippen molar-refractivity contribution in [3.8, 4) is 11.5 Å². The van der Waals surface area contributed by atoms with Crippen LogP contribution in [-0.2, 0) is 35.0 Å². The second-order valence-electron chi connectivity index (χ2n) is 21.5. The van der Waals surface area contributed by atoms with Crippen molar-refractivity contribution in [3.63, 3.8) is 0 Å². The van der Waals surface area contributed by atoms with Crippen LogP contribution in [0.1, 0.15) is 187 Å². The molecule has 0 bridgehead atoms. The summed E-state index contributed by atoms with van der Waals surface area (Å²) in [7, 11) is 0. The van der Waals surface area contributed by atoms with Gasteiger partial charge in [-0.3, -0.25) is 14.4 Å². The number of carbonyl (C=O) groups is 3. The number of allylic oxidation sites excluding steroid dienone is 1. The predicted octanol–water partition coefficient (Wildman–Crippen LogP) is 12.9. The maximum Gasteiger partial charge on any atom is 0.327 e. The normalized spacial score (nSPS) is 21.3. The molecular formula is C55H85NO8. The first-order valence-corrected chi connectivity index (χ1v) is 24.6. The number of esters is 2. The predicted molar refractivity (Wildman–Crippen MR) is 258 cm³/mol. The summed E-state index contributed by atoms with van der Waals surface area (Å²) >= 11 is 0. The quantitative estimate of drug-likeness (QED) is 0.0707.